The standard InChI is InChI=1S/C11H22N2O/c1-10(5-6-14-8-10)13-7-11(2,12)9-3-4-9/h9,13H,3-8,12H2,1-2H3. The molecule has 1 aliphatic carbocycles. The molecule has 14 heavy (non-hydrogen) atoms. The van der Waals surface area contributed by atoms with E-state index in [1.54, 1.807) is 0 Å². The van der Waals surface area contributed by atoms with E-state index in [0.717, 1.165) is 32.1 Å². The van der Waals surface area contributed by atoms with E-state index >= 15 is 0 Å². The van der Waals surface area contributed by atoms with Gasteiger partial charge in [0.15, 0.2) is 0 Å². The second-order valence-corrected chi connectivity index (χ2v) is 5.50. The second kappa shape index (κ2) is 3.47. The molecule has 3 nitrogen and oxygen atoms in total. The van der Waals surface area contributed by atoms with Gasteiger partial charge >= 0.3 is 0 Å². The zero-order valence-corrected chi connectivity index (χ0v) is 9.31. The minimum atomic E-state index is -0.0222. The fourth-order valence-electron chi connectivity index (χ4n) is 2.10. The predicted molar refractivity (Wildman–Crippen MR) is 57.2 cm³/mol. The van der Waals surface area contributed by atoms with Gasteiger partial charge in [-0.2, -0.15) is 0 Å². The van der Waals surface area contributed by atoms with Crippen molar-refractivity contribution in [2.75, 3.05) is 19.8 Å². The van der Waals surface area contributed by atoms with Crippen LogP contribution in [-0.4, -0.2) is 30.8 Å². The van der Waals surface area contributed by atoms with Gasteiger partial charge in [-0.3, -0.25) is 0 Å². The Bertz CT molecular complexity index is 201. The minimum absolute atomic E-state index is 0.0222. The summed E-state index contributed by atoms with van der Waals surface area (Å²) < 4.78 is 5.40. The Morgan fingerprint density at radius 3 is 2.79 bits per heavy atom. The van der Waals surface area contributed by atoms with Gasteiger partial charge in [0.25, 0.3) is 0 Å². The topological polar surface area (TPSA) is 47.3 Å². The summed E-state index contributed by atoms with van der Waals surface area (Å²) in [6.07, 6.45) is 3.72. The molecular weight excluding hydrogens is 176 g/mol. The quantitative estimate of drug-likeness (QED) is 0.705. The first-order chi connectivity index (χ1) is 6.52. The molecule has 3 heteroatoms. The van der Waals surface area contributed by atoms with E-state index in [4.69, 9.17) is 10.5 Å². The van der Waals surface area contributed by atoms with Crippen molar-refractivity contribution >= 4 is 0 Å². The maximum absolute atomic E-state index is 6.26. The first kappa shape index (κ1) is 10.4. The maximum atomic E-state index is 6.26. The van der Waals surface area contributed by atoms with E-state index in [1.165, 1.54) is 12.8 Å². The van der Waals surface area contributed by atoms with Crippen LogP contribution in [-0.2, 0) is 4.74 Å². The van der Waals surface area contributed by atoms with Crippen LogP contribution < -0.4 is 11.1 Å². The molecule has 82 valence electrons. The molecule has 2 aliphatic rings. The van der Waals surface area contributed by atoms with E-state index in [1.807, 2.05) is 0 Å². The normalized spacial score (nSPS) is 37.1. The highest BCUT2D eigenvalue weighted by molar-refractivity contribution is 4.99. The van der Waals surface area contributed by atoms with Gasteiger partial charge < -0.3 is 15.8 Å². The van der Waals surface area contributed by atoms with Crippen molar-refractivity contribution in [2.45, 2.75) is 44.2 Å². The van der Waals surface area contributed by atoms with Crippen molar-refractivity contribution in [3.8, 4) is 0 Å². The Hall–Kier alpha value is -0.120. The van der Waals surface area contributed by atoms with Crippen LogP contribution in [0.4, 0.5) is 0 Å². The SMILES string of the molecule is CC1(NCC(C)(N)C2CC2)CCOC1. The van der Waals surface area contributed by atoms with Crippen LogP contribution in [0.25, 0.3) is 0 Å². The summed E-state index contributed by atoms with van der Waals surface area (Å²) in [7, 11) is 0. The monoisotopic (exact) mass is 198 g/mol. The third-order valence-electron chi connectivity index (χ3n) is 3.62. The summed E-state index contributed by atoms with van der Waals surface area (Å²) in [5.74, 6) is 0.737. The second-order valence-electron chi connectivity index (χ2n) is 5.50. The molecule has 1 aliphatic heterocycles. The van der Waals surface area contributed by atoms with Crippen molar-refractivity contribution in [2.24, 2.45) is 11.7 Å². The lowest BCUT2D eigenvalue weighted by Gasteiger charge is -2.31. The highest BCUT2D eigenvalue weighted by Crippen LogP contribution is 2.38. The van der Waals surface area contributed by atoms with Crippen LogP contribution in [0.5, 0.6) is 0 Å². The lowest BCUT2D eigenvalue weighted by atomic mass is 9.94. The fraction of sp³-hybridized carbons (Fsp3) is 1.00. The number of hydrogen-bond donors (Lipinski definition) is 2. The summed E-state index contributed by atoms with van der Waals surface area (Å²) in [5.41, 5.74) is 6.40. The first-order valence-electron chi connectivity index (χ1n) is 5.64. The molecule has 1 saturated heterocycles. The molecule has 2 atom stereocenters. The summed E-state index contributed by atoms with van der Waals surface area (Å²) in [5, 5.41) is 3.57. The predicted octanol–water partition coefficient (Wildman–Crippen LogP) is 0.882. The smallest absolute Gasteiger partial charge is 0.0646 e. The molecule has 0 aromatic heterocycles. The van der Waals surface area contributed by atoms with Crippen molar-refractivity contribution < 1.29 is 4.74 Å². The highest BCUT2D eigenvalue weighted by atomic mass is 16.5. The van der Waals surface area contributed by atoms with E-state index in [2.05, 4.69) is 19.2 Å². The van der Waals surface area contributed by atoms with Gasteiger partial charge in [0, 0.05) is 24.2 Å². The van der Waals surface area contributed by atoms with E-state index in [-0.39, 0.29) is 11.1 Å². The zero-order chi connectivity index (χ0) is 10.2. The maximum Gasteiger partial charge on any atom is 0.0646 e. The van der Waals surface area contributed by atoms with Crippen LogP contribution in [0, 0.1) is 5.92 Å². The molecular formula is C11H22N2O. The van der Waals surface area contributed by atoms with Crippen LogP contribution in [0.2, 0.25) is 0 Å². The van der Waals surface area contributed by atoms with E-state index in [0.29, 0.717) is 0 Å². The van der Waals surface area contributed by atoms with Crippen LogP contribution >= 0.6 is 0 Å². The van der Waals surface area contributed by atoms with E-state index < -0.39 is 0 Å². The van der Waals surface area contributed by atoms with Crippen molar-refractivity contribution in [1.29, 1.82) is 0 Å². The fourth-order valence-corrected chi connectivity index (χ4v) is 2.10. The van der Waals surface area contributed by atoms with Crippen LogP contribution in [0.1, 0.15) is 33.1 Å². The van der Waals surface area contributed by atoms with Gasteiger partial charge in [-0.1, -0.05) is 0 Å². The molecule has 0 spiro atoms. The van der Waals surface area contributed by atoms with Gasteiger partial charge in [-0.15, -0.1) is 0 Å². The molecule has 2 unspecified atom stereocenters. The molecule has 2 rings (SSSR count). The number of nitrogens with one attached hydrogen (secondary N) is 1. The molecule has 3 N–H and O–H groups in total. The molecule has 0 aromatic rings. The Balaban J connectivity index is 1.80. The molecule has 2 fully saturated rings. The largest absolute Gasteiger partial charge is 0.379 e. The Morgan fingerprint density at radius 1 is 1.57 bits per heavy atom. The number of rotatable bonds is 4. The lowest BCUT2D eigenvalue weighted by molar-refractivity contribution is 0.167. The average Bonchev–Trinajstić information content (AvgIpc) is 2.89. The van der Waals surface area contributed by atoms with Gasteiger partial charge in [0.1, 0.15) is 0 Å². The molecule has 0 amide bonds. The third kappa shape index (κ3) is 2.27. The van der Waals surface area contributed by atoms with Crippen molar-refractivity contribution in [3.05, 3.63) is 0 Å². The molecule has 0 aromatic carbocycles. The first-order valence-corrected chi connectivity index (χ1v) is 5.64. The Kier molecular flexibility index (Phi) is 2.58. The zero-order valence-electron chi connectivity index (χ0n) is 9.31. The van der Waals surface area contributed by atoms with Crippen LogP contribution in [0.3, 0.4) is 0 Å². The Morgan fingerprint density at radius 2 is 2.29 bits per heavy atom. The highest BCUT2D eigenvalue weighted by Gasteiger charge is 2.40. The number of hydrogen-bond acceptors (Lipinski definition) is 3. The van der Waals surface area contributed by atoms with E-state index in [9.17, 15) is 0 Å². The van der Waals surface area contributed by atoms with Crippen LogP contribution in [0.15, 0.2) is 0 Å². The number of ether oxygens (including phenoxy) is 1. The van der Waals surface area contributed by atoms with Gasteiger partial charge in [-0.25, -0.2) is 0 Å². The minimum Gasteiger partial charge on any atom is -0.379 e. The van der Waals surface area contributed by atoms with Gasteiger partial charge in [0.05, 0.1) is 6.61 Å². The lowest BCUT2D eigenvalue weighted by Crippen LogP contribution is -2.54. The molecule has 1 saturated carbocycles. The Labute approximate surface area is 86.4 Å². The molecule has 0 radical (unpaired) electrons. The van der Waals surface area contributed by atoms with Gasteiger partial charge in [0.2, 0.25) is 0 Å². The van der Waals surface area contributed by atoms with Crippen molar-refractivity contribution in [1.82, 2.24) is 5.32 Å². The van der Waals surface area contributed by atoms with Crippen molar-refractivity contribution in [3.63, 3.8) is 0 Å². The molecule has 1 heterocycles. The summed E-state index contributed by atoms with van der Waals surface area (Å²) in [4.78, 5) is 0. The summed E-state index contributed by atoms with van der Waals surface area (Å²) in [6.45, 7) is 7.01. The molecule has 0 bridgehead atoms. The average molecular weight is 198 g/mol. The summed E-state index contributed by atoms with van der Waals surface area (Å²) >= 11 is 0. The third-order valence-corrected chi connectivity index (χ3v) is 3.62. The number of nitrogens with two attached hydrogens (primary N) is 1. The summed E-state index contributed by atoms with van der Waals surface area (Å²) in [6, 6.07) is 0. The van der Waals surface area contributed by atoms with Gasteiger partial charge in [-0.05, 0) is 39.0 Å².